The van der Waals surface area contributed by atoms with Gasteiger partial charge in [-0.2, -0.15) is 0 Å². The fourth-order valence-electron chi connectivity index (χ4n) is 1.68. The molecule has 0 aliphatic carbocycles. The number of hydrogen-bond acceptors (Lipinski definition) is 3. The summed E-state index contributed by atoms with van der Waals surface area (Å²) in [7, 11) is 1.34. The van der Waals surface area contributed by atoms with Crippen molar-refractivity contribution in [3.8, 4) is 11.5 Å². The Morgan fingerprint density at radius 2 is 1.89 bits per heavy atom. The van der Waals surface area contributed by atoms with E-state index in [1.54, 1.807) is 0 Å². The number of aldehydes is 1. The maximum atomic E-state index is 13.8. The van der Waals surface area contributed by atoms with Crippen LogP contribution in [0.5, 0.6) is 11.5 Å². The summed E-state index contributed by atoms with van der Waals surface area (Å²) < 4.78 is 24.3. The van der Waals surface area contributed by atoms with Crippen molar-refractivity contribution in [1.82, 2.24) is 0 Å². The van der Waals surface area contributed by atoms with Crippen molar-refractivity contribution >= 4 is 6.29 Å². The van der Waals surface area contributed by atoms with Crippen LogP contribution >= 0.6 is 0 Å². The summed E-state index contributed by atoms with van der Waals surface area (Å²) in [5.41, 5.74) is 0.910. The number of rotatable bonds is 5. The van der Waals surface area contributed by atoms with Crippen LogP contribution in [0.15, 0.2) is 42.5 Å². The zero-order valence-corrected chi connectivity index (χ0v) is 10.4. The quantitative estimate of drug-likeness (QED) is 0.774. The molecular weight excluding hydrogens is 247 g/mol. The second kappa shape index (κ2) is 6.00. The van der Waals surface area contributed by atoms with E-state index in [0.717, 1.165) is 5.56 Å². The van der Waals surface area contributed by atoms with E-state index in [4.69, 9.17) is 9.47 Å². The molecule has 0 aliphatic heterocycles. The van der Waals surface area contributed by atoms with Crippen LogP contribution in [0.4, 0.5) is 4.39 Å². The van der Waals surface area contributed by atoms with Crippen LogP contribution < -0.4 is 9.47 Å². The molecule has 0 N–H and O–H groups in total. The summed E-state index contributed by atoms with van der Waals surface area (Å²) in [6.07, 6.45) is 0.443. The predicted molar refractivity (Wildman–Crippen MR) is 69.1 cm³/mol. The Bertz CT molecular complexity index is 567. The Morgan fingerprint density at radius 3 is 2.53 bits per heavy atom. The summed E-state index contributed by atoms with van der Waals surface area (Å²) in [4.78, 5) is 10.6. The Kier molecular flexibility index (Phi) is 4.13. The van der Waals surface area contributed by atoms with Gasteiger partial charge in [-0.05, 0) is 17.7 Å². The normalized spacial score (nSPS) is 10.0. The summed E-state index contributed by atoms with van der Waals surface area (Å²) >= 11 is 0. The first kappa shape index (κ1) is 13.1. The van der Waals surface area contributed by atoms with Gasteiger partial charge in [0.05, 0.1) is 12.7 Å². The van der Waals surface area contributed by atoms with Crippen LogP contribution in [0.2, 0.25) is 0 Å². The van der Waals surface area contributed by atoms with Crippen molar-refractivity contribution in [3.05, 3.63) is 59.4 Å². The number of benzene rings is 2. The first-order chi connectivity index (χ1) is 9.26. The van der Waals surface area contributed by atoms with Crippen LogP contribution in [0.25, 0.3) is 0 Å². The lowest BCUT2D eigenvalue weighted by atomic mass is 10.2. The van der Waals surface area contributed by atoms with Crippen LogP contribution in [0, 0.1) is 5.82 Å². The molecule has 0 heterocycles. The summed E-state index contributed by atoms with van der Waals surface area (Å²) in [5.74, 6) is -0.488. The van der Waals surface area contributed by atoms with Crippen molar-refractivity contribution in [2.75, 3.05) is 7.11 Å². The maximum absolute atomic E-state index is 13.8. The lowest BCUT2D eigenvalue weighted by Gasteiger charge is -2.12. The SMILES string of the molecule is COc1c(OCc2ccccc2)ccc(C=O)c1F. The molecule has 2 aromatic carbocycles. The highest BCUT2D eigenvalue weighted by molar-refractivity contribution is 5.77. The summed E-state index contributed by atoms with van der Waals surface area (Å²) in [5, 5.41) is 0. The molecule has 0 unspecified atom stereocenters. The van der Waals surface area contributed by atoms with Gasteiger partial charge in [0.2, 0.25) is 0 Å². The highest BCUT2D eigenvalue weighted by atomic mass is 19.1. The number of carbonyl (C=O) groups is 1. The maximum Gasteiger partial charge on any atom is 0.197 e. The Labute approximate surface area is 110 Å². The van der Waals surface area contributed by atoms with Crippen LogP contribution in [-0.4, -0.2) is 13.4 Å². The first-order valence-corrected chi connectivity index (χ1v) is 5.74. The topological polar surface area (TPSA) is 35.5 Å². The molecule has 0 saturated heterocycles. The van der Waals surface area contributed by atoms with Crippen molar-refractivity contribution < 1.29 is 18.7 Å². The van der Waals surface area contributed by atoms with Crippen molar-refractivity contribution in [3.63, 3.8) is 0 Å². The molecule has 0 aliphatic rings. The minimum absolute atomic E-state index is 0.0519. The fraction of sp³-hybridized carbons (Fsp3) is 0.133. The van der Waals surface area contributed by atoms with Gasteiger partial charge >= 0.3 is 0 Å². The van der Waals surface area contributed by atoms with Gasteiger partial charge < -0.3 is 9.47 Å². The molecule has 0 spiro atoms. The van der Waals surface area contributed by atoms with Crippen molar-refractivity contribution in [2.45, 2.75) is 6.61 Å². The second-order valence-electron chi connectivity index (χ2n) is 3.89. The number of halogens is 1. The summed E-state index contributed by atoms with van der Waals surface area (Å²) in [6, 6.07) is 12.4. The highest BCUT2D eigenvalue weighted by Crippen LogP contribution is 2.32. The average Bonchev–Trinajstić information content (AvgIpc) is 2.46. The van der Waals surface area contributed by atoms with Gasteiger partial charge in [-0.25, -0.2) is 4.39 Å². The molecule has 98 valence electrons. The third-order valence-electron chi connectivity index (χ3n) is 2.66. The molecule has 2 aromatic rings. The van der Waals surface area contributed by atoms with Crippen LogP contribution in [0.3, 0.4) is 0 Å². The van der Waals surface area contributed by atoms with E-state index in [0.29, 0.717) is 12.9 Å². The van der Waals surface area contributed by atoms with E-state index in [-0.39, 0.29) is 17.1 Å². The molecule has 0 bridgehead atoms. The molecule has 3 nitrogen and oxygen atoms in total. The van der Waals surface area contributed by atoms with E-state index >= 15 is 0 Å². The molecule has 0 aromatic heterocycles. The van der Waals surface area contributed by atoms with E-state index in [1.165, 1.54) is 19.2 Å². The molecule has 0 radical (unpaired) electrons. The number of methoxy groups -OCH3 is 1. The number of carbonyl (C=O) groups excluding carboxylic acids is 1. The van der Waals surface area contributed by atoms with E-state index in [2.05, 4.69) is 0 Å². The number of hydrogen-bond donors (Lipinski definition) is 0. The first-order valence-electron chi connectivity index (χ1n) is 5.74. The Morgan fingerprint density at radius 1 is 1.16 bits per heavy atom. The Hall–Kier alpha value is -2.36. The molecule has 4 heteroatoms. The fourth-order valence-corrected chi connectivity index (χ4v) is 1.68. The molecule has 0 fully saturated rings. The third-order valence-corrected chi connectivity index (χ3v) is 2.66. The van der Waals surface area contributed by atoms with Gasteiger partial charge in [0.1, 0.15) is 6.61 Å². The molecule has 0 amide bonds. The summed E-state index contributed by atoms with van der Waals surface area (Å²) in [6.45, 7) is 0.303. The highest BCUT2D eigenvalue weighted by Gasteiger charge is 2.14. The lowest BCUT2D eigenvalue weighted by Crippen LogP contribution is -2.01. The number of ether oxygens (including phenoxy) is 2. The molecule has 0 saturated carbocycles. The van der Waals surface area contributed by atoms with Crippen LogP contribution in [-0.2, 0) is 6.61 Å². The minimum atomic E-state index is -0.705. The molecule has 2 rings (SSSR count). The van der Waals surface area contributed by atoms with E-state index in [9.17, 15) is 9.18 Å². The van der Waals surface area contributed by atoms with Gasteiger partial charge in [-0.3, -0.25) is 4.79 Å². The minimum Gasteiger partial charge on any atom is -0.490 e. The average molecular weight is 260 g/mol. The molecular formula is C15H13FO3. The van der Waals surface area contributed by atoms with E-state index < -0.39 is 5.82 Å². The van der Waals surface area contributed by atoms with Gasteiger partial charge in [0.15, 0.2) is 23.6 Å². The van der Waals surface area contributed by atoms with Crippen molar-refractivity contribution in [1.29, 1.82) is 0 Å². The van der Waals surface area contributed by atoms with Gasteiger partial charge in [0.25, 0.3) is 0 Å². The smallest absolute Gasteiger partial charge is 0.197 e. The largest absolute Gasteiger partial charge is 0.490 e. The zero-order chi connectivity index (χ0) is 13.7. The second-order valence-corrected chi connectivity index (χ2v) is 3.89. The zero-order valence-electron chi connectivity index (χ0n) is 10.4. The lowest BCUT2D eigenvalue weighted by molar-refractivity contribution is 0.111. The molecule has 0 atom stereocenters. The predicted octanol–water partition coefficient (Wildman–Crippen LogP) is 3.23. The third kappa shape index (κ3) is 2.91. The van der Waals surface area contributed by atoms with E-state index in [1.807, 2.05) is 30.3 Å². The van der Waals surface area contributed by atoms with Gasteiger partial charge in [0, 0.05) is 0 Å². The monoisotopic (exact) mass is 260 g/mol. The van der Waals surface area contributed by atoms with Crippen LogP contribution in [0.1, 0.15) is 15.9 Å². The van der Waals surface area contributed by atoms with Gasteiger partial charge in [-0.1, -0.05) is 30.3 Å². The van der Waals surface area contributed by atoms with Crippen molar-refractivity contribution in [2.24, 2.45) is 0 Å². The Balaban J connectivity index is 2.21. The van der Waals surface area contributed by atoms with Gasteiger partial charge in [-0.15, -0.1) is 0 Å². The standard InChI is InChI=1S/C15H13FO3/c1-18-15-13(8-7-12(9-17)14(15)16)19-10-11-5-3-2-4-6-11/h2-9H,10H2,1H3. The molecule has 19 heavy (non-hydrogen) atoms.